The molecule has 5 nitrogen and oxygen atoms in total. The predicted molar refractivity (Wildman–Crippen MR) is 91.6 cm³/mol. The number of halogens is 1. The van der Waals surface area contributed by atoms with Crippen LogP contribution in [-0.4, -0.2) is 36.5 Å². The number of rotatable bonds is 6. The molecule has 2 rings (SSSR count). The molecule has 1 aromatic carbocycles. The molecule has 0 spiro atoms. The van der Waals surface area contributed by atoms with Gasteiger partial charge >= 0.3 is 0 Å². The van der Waals surface area contributed by atoms with Crippen LogP contribution in [0, 0.1) is 16.0 Å². The first-order valence-electron chi connectivity index (χ1n) is 7.75. The van der Waals surface area contributed by atoms with Crippen LogP contribution in [0.25, 0.3) is 0 Å². The van der Waals surface area contributed by atoms with Crippen molar-refractivity contribution >= 4 is 18.1 Å². The highest BCUT2D eigenvalue weighted by molar-refractivity contribution is 5.85. The lowest BCUT2D eigenvalue weighted by Gasteiger charge is -2.36. The summed E-state index contributed by atoms with van der Waals surface area (Å²) in [6.45, 7) is 5.21. The van der Waals surface area contributed by atoms with Crippen LogP contribution in [0.5, 0.6) is 0 Å². The maximum Gasteiger partial charge on any atom is 0.274 e. The van der Waals surface area contributed by atoms with Gasteiger partial charge in [0.25, 0.3) is 5.69 Å². The summed E-state index contributed by atoms with van der Waals surface area (Å²) in [5, 5.41) is 14.4. The number of piperidine rings is 1. The van der Waals surface area contributed by atoms with E-state index in [1.807, 2.05) is 19.2 Å². The van der Waals surface area contributed by atoms with Crippen LogP contribution in [-0.2, 0) is 0 Å². The van der Waals surface area contributed by atoms with Crippen molar-refractivity contribution in [3.8, 4) is 0 Å². The summed E-state index contributed by atoms with van der Waals surface area (Å²) >= 11 is 0. The number of hydrogen-bond acceptors (Lipinski definition) is 4. The van der Waals surface area contributed by atoms with Gasteiger partial charge in [0.2, 0.25) is 0 Å². The monoisotopic (exact) mass is 327 g/mol. The van der Waals surface area contributed by atoms with Crippen LogP contribution in [0.2, 0.25) is 0 Å². The lowest BCUT2D eigenvalue weighted by atomic mass is 9.92. The van der Waals surface area contributed by atoms with Crippen molar-refractivity contribution in [2.24, 2.45) is 5.92 Å². The number of hydrogen-bond donors (Lipinski definition) is 1. The Morgan fingerprint density at radius 2 is 2.00 bits per heavy atom. The van der Waals surface area contributed by atoms with E-state index in [0.717, 1.165) is 31.1 Å². The summed E-state index contributed by atoms with van der Waals surface area (Å²) in [5.74, 6) is 0.784. The molecule has 1 unspecified atom stereocenters. The van der Waals surface area contributed by atoms with Gasteiger partial charge in [-0.25, -0.2) is 0 Å². The summed E-state index contributed by atoms with van der Waals surface area (Å²) in [4.78, 5) is 13.3. The average Bonchev–Trinajstić information content (AvgIpc) is 2.52. The normalized spacial score (nSPS) is 17.7. The smallest absolute Gasteiger partial charge is 0.274 e. The van der Waals surface area contributed by atoms with Crippen molar-refractivity contribution in [1.29, 1.82) is 0 Å². The summed E-state index contributed by atoms with van der Waals surface area (Å²) in [6, 6.07) is 7.22. The molecule has 1 aliphatic rings. The number of likely N-dealkylation sites (tertiary alicyclic amines) is 1. The van der Waals surface area contributed by atoms with Crippen molar-refractivity contribution < 1.29 is 4.92 Å². The fourth-order valence-electron chi connectivity index (χ4n) is 3.18. The molecule has 6 heteroatoms. The van der Waals surface area contributed by atoms with Crippen molar-refractivity contribution in [3.63, 3.8) is 0 Å². The molecule has 0 aromatic heterocycles. The van der Waals surface area contributed by atoms with Gasteiger partial charge in [-0.05, 0) is 58.8 Å². The van der Waals surface area contributed by atoms with Gasteiger partial charge in [0.05, 0.1) is 4.92 Å². The third-order valence-corrected chi connectivity index (χ3v) is 4.58. The predicted octanol–water partition coefficient (Wildman–Crippen LogP) is 3.40. The first-order chi connectivity index (χ1) is 10.1. The highest BCUT2D eigenvalue weighted by Gasteiger charge is 2.27. The molecule has 0 amide bonds. The number of nitro benzene ring substituents is 1. The lowest BCUT2D eigenvalue weighted by molar-refractivity contribution is -0.386. The largest absolute Gasteiger partial charge is 0.320 e. The Morgan fingerprint density at radius 1 is 1.36 bits per heavy atom. The van der Waals surface area contributed by atoms with Crippen LogP contribution in [0.3, 0.4) is 0 Å². The number of nitrogens with zero attached hydrogens (tertiary/aromatic N) is 2. The quantitative estimate of drug-likeness (QED) is 0.642. The van der Waals surface area contributed by atoms with Crippen LogP contribution in [0.4, 0.5) is 5.69 Å². The van der Waals surface area contributed by atoms with E-state index >= 15 is 0 Å². The maximum atomic E-state index is 11.2. The minimum Gasteiger partial charge on any atom is -0.320 e. The molecule has 1 atom stereocenters. The van der Waals surface area contributed by atoms with Crippen LogP contribution >= 0.6 is 12.4 Å². The van der Waals surface area contributed by atoms with Gasteiger partial charge in [-0.2, -0.15) is 0 Å². The van der Waals surface area contributed by atoms with Gasteiger partial charge in [0, 0.05) is 17.7 Å². The molecule has 0 bridgehead atoms. The van der Waals surface area contributed by atoms with Gasteiger partial charge in [-0.15, -0.1) is 12.4 Å². The van der Waals surface area contributed by atoms with E-state index < -0.39 is 0 Å². The van der Waals surface area contributed by atoms with E-state index in [1.54, 1.807) is 12.1 Å². The van der Waals surface area contributed by atoms with Gasteiger partial charge < -0.3 is 5.32 Å². The minimum absolute atomic E-state index is 0. The molecular formula is C16H26ClN3O2. The van der Waals surface area contributed by atoms with Gasteiger partial charge in [-0.3, -0.25) is 15.0 Å². The van der Waals surface area contributed by atoms with E-state index in [0.29, 0.717) is 0 Å². The fourth-order valence-corrected chi connectivity index (χ4v) is 3.18. The highest BCUT2D eigenvalue weighted by Crippen LogP contribution is 2.32. The average molecular weight is 328 g/mol. The fraction of sp³-hybridized carbons (Fsp3) is 0.625. The molecule has 0 aliphatic carbocycles. The summed E-state index contributed by atoms with van der Waals surface area (Å²) in [5.41, 5.74) is 1.07. The highest BCUT2D eigenvalue weighted by atomic mass is 35.5. The summed E-state index contributed by atoms with van der Waals surface area (Å²) in [7, 11) is 1.99. The molecule has 1 heterocycles. The Balaban J connectivity index is 0.00000242. The third-order valence-electron chi connectivity index (χ3n) is 4.58. The van der Waals surface area contributed by atoms with E-state index in [1.165, 1.54) is 19.3 Å². The number of benzene rings is 1. The Kier molecular flexibility index (Phi) is 7.79. The summed E-state index contributed by atoms with van der Waals surface area (Å²) in [6.07, 6.45) is 3.60. The minimum atomic E-state index is -0.272. The molecule has 1 aliphatic heterocycles. The van der Waals surface area contributed by atoms with E-state index in [-0.39, 0.29) is 29.1 Å². The second-order valence-electron chi connectivity index (χ2n) is 5.86. The first-order valence-corrected chi connectivity index (χ1v) is 7.75. The van der Waals surface area contributed by atoms with E-state index in [2.05, 4.69) is 17.1 Å². The van der Waals surface area contributed by atoms with E-state index in [9.17, 15) is 10.1 Å². The van der Waals surface area contributed by atoms with Crippen LogP contribution in [0.1, 0.15) is 37.8 Å². The van der Waals surface area contributed by atoms with Gasteiger partial charge in [-0.1, -0.05) is 18.2 Å². The SMILES string of the molecule is CNCCC1CCN(C(C)c2ccccc2[N+](=O)[O-])CC1.Cl. The molecule has 1 fully saturated rings. The lowest BCUT2D eigenvalue weighted by Crippen LogP contribution is -2.36. The molecule has 0 radical (unpaired) electrons. The number of nitro groups is 1. The van der Waals surface area contributed by atoms with Crippen molar-refractivity contribution in [2.45, 2.75) is 32.2 Å². The van der Waals surface area contributed by atoms with Crippen LogP contribution < -0.4 is 5.32 Å². The molecular weight excluding hydrogens is 302 g/mol. The Morgan fingerprint density at radius 3 is 2.59 bits per heavy atom. The molecule has 1 aromatic rings. The van der Waals surface area contributed by atoms with E-state index in [4.69, 9.17) is 0 Å². The van der Waals surface area contributed by atoms with Crippen molar-refractivity contribution in [1.82, 2.24) is 10.2 Å². The zero-order valence-corrected chi connectivity index (χ0v) is 14.1. The standard InChI is InChI=1S/C16H25N3O2.ClH/c1-13(15-5-3-4-6-16(15)19(20)21)18-11-8-14(9-12-18)7-10-17-2;/h3-6,13-14,17H,7-12H2,1-2H3;1H. The zero-order valence-electron chi connectivity index (χ0n) is 13.3. The Bertz CT molecular complexity index is 476. The summed E-state index contributed by atoms with van der Waals surface area (Å²) < 4.78 is 0. The number of para-hydroxylation sites is 1. The second kappa shape index (κ2) is 9.08. The second-order valence-corrected chi connectivity index (χ2v) is 5.86. The Hall–Kier alpha value is -1.17. The third kappa shape index (κ3) is 4.66. The van der Waals surface area contributed by atoms with Gasteiger partial charge in [0.1, 0.15) is 0 Å². The van der Waals surface area contributed by atoms with Gasteiger partial charge in [0.15, 0.2) is 0 Å². The number of nitrogens with one attached hydrogen (secondary N) is 1. The Labute approximate surface area is 138 Å². The topological polar surface area (TPSA) is 58.4 Å². The zero-order chi connectivity index (χ0) is 15.2. The van der Waals surface area contributed by atoms with Crippen molar-refractivity contribution in [2.75, 3.05) is 26.7 Å². The maximum absolute atomic E-state index is 11.2. The van der Waals surface area contributed by atoms with Crippen LogP contribution in [0.15, 0.2) is 24.3 Å². The first kappa shape index (κ1) is 18.9. The molecule has 1 N–H and O–H groups in total. The molecule has 0 saturated carbocycles. The molecule has 124 valence electrons. The molecule has 22 heavy (non-hydrogen) atoms. The van der Waals surface area contributed by atoms with Crippen molar-refractivity contribution in [3.05, 3.63) is 39.9 Å². The molecule has 1 saturated heterocycles.